The summed E-state index contributed by atoms with van der Waals surface area (Å²) in [6, 6.07) is 2.81. The second kappa shape index (κ2) is 3.74. The molecule has 7 nitrogen and oxygen atoms in total. The number of rotatable bonds is 3. The number of hydrogen-bond acceptors (Lipinski definition) is 5. The fraction of sp³-hybridized carbons (Fsp3) is 0. The predicted octanol–water partition coefficient (Wildman–Crippen LogP) is 1.74. The molecule has 2 heterocycles. The Bertz CT molecular complexity index is 559. The molecule has 0 unspecified atom stereocenters. The minimum Gasteiger partial charge on any atom is -0.478 e. The molecule has 2 rings (SSSR count). The average Bonchev–Trinajstić information content (AvgIpc) is 2.86. The molecule has 0 saturated heterocycles. The molecule has 0 spiro atoms. The first-order chi connectivity index (χ1) is 7.59. The molecule has 0 radical (unpaired) electrons. The molecule has 82 valence electrons. The number of hydrogen-bond donors (Lipinski definition) is 2. The fourth-order valence-corrected chi connectivity index (χ4v) is 2.03. The quantitative estimate of drug-likeness (QED) is 0.626. The largest absolute Gasteiger partial charge is 0.478 e. The van der Waals surface area contributed by atoms with Crippen LogP contribution in [0.3, 0.4) is 0 Å². The third-order valence-electron chi connectivity index (χ3n) is 1.89. The molecule has 0 bridgehead atoms. The summed E-state index contributed by atoms with van der Waals surface area (Å²) < 4.78 is 0. The predicted molar refractivity (Wildman–Crippen MR) is 55.5 cm³/mol. The lowest BCUT2D eigenvalue weighted by Crippen LogP contribution is -1.95. The lowest BCUT2D eigenvalue weighted by atomic mass is 10.2. The lowest BCUT2D eigenvalue weighted by Gasteiger charge is -1.93. The second-order valence-electron chi connectivity index (χ2n) is 2.86. The van der Waals surface area contributed by atoms with Gasteiger partial charge in [0, 0.05) is 6.07 Å². The molecule has 16 heavy (non-hydrogen) atoms. The Morgan fingerprint density at radius 1 is 1.56 bits per heavy atom. The first-order valence-corrected chi connectivity index (χ1v) is 4.92. The Morgan fingerprint density at radius 2 is 2.31 bits per heavy atom. The maximum absolute atomic E-state index is 10.8. The summed E-state index contributed by atoms with van der Waals surface area (Å²) in [7, 11) is 0. The lowest BCUT2D eigenvalue weighted by molar-refractivity contribution is -0.380. The van der Waals surface area contributed by atoms with Crippen molar-refractivity contribution in [3.8, 4) is 10.6 Å². The number of aromatic carboxylic acids is 1. The van der Waals surface area contributed by atoms with Gasteiger partial charge in [0.15, 0.2) is 0 Å². The van der Waals surface area contributed by atoms with E-state index in [0.717, 1.165) is 11.3 Å². The molecule has 0 aromatic carbocycles. The topological polar surface area (TPSA) is 109 Å². The van der Waals surface area contributed by atoms with Crippen LogP contribution in [0.5, 0.6) is 0 Å². The number of H-pyrrole nitrogens is 1. The maximum atomic E-state index is 10.8. The van der Waals surface area contributed by atoms with Gasteiger partial charge in [0.1, 0.15) is 5.56 Å². The Balaban J connectivity index is 2.46. The van der Waals surface area contributed by atoms with Crippen molar-refractivity contribution in [1.82, 2.24) is 10.2 Å². The van der Waals surface area contributed by atoms with Gasteiger partial charge in [-0.2, -0.15) is 5.10 Å². The zero-order chi connectivity index (χ0) is 11.7. The van der Waals surface area contributed by atoms with Crippen molar-refractivity contribution in [3.05, 3.63) is 34.0 Å². The number of nitrogens with one attached hydrogen (secondary N) is 1. The van der Waals surface area contributed by atoms with Crippen molar-refractivity contribution in [1.29, 1.82) is 0 Å². The number of carbonyl (C=O) groups is 1. The molecule has 8 heteroatoms. The smallest absolute Gasteiger partial charge is 0.339 e. The van der Waals surface area contributed by atoms with E-state index in [1.54, 1.807) is 0 Å². The minimum atomic E-state index is -1.13. The van der Waals surface area contributed by atoms with Gasteiger partial charge in [-0.05, 0) is 6.07 Å². The SMILES string of the molecule is O=C(O)c1cn[nH]c1-c1ccc([N+](=O)[O-])s1. The van der Waals surface area contributed by atoms with Gasteiger partial charge in [-0.15, -0.1) is 0 Å². The Hall–Kier alpha value is -2.22. The number of nitrogens with zero attached hydrogens (tertiary/aromatic N) is 2. The highest BCUT2D eigenvalue weighted by Gasteiger charge is 2.18. The Labute approximate surface area is 92.5 Å². The molecule has 0 aliphatic heterocycles. The molecular formula is C8H5N3O4S. The van der Waals surface area contributed by atoms with Gasteiger partial charge in [0.25, 0.3) is 0 Å². The van der Waals surface area contributed by atoms with Gasteiger partial charge in [-0.1, -0.05) is 11.3 Å². The molecule has 2 aromatic rings. The van der Waals surface area contributed by atoms with Crippen molar-refractivity contribution >= 4 is 22.3 Å². The van der Waals surface area contributed by atoms with E-state index in [2.05, 4.69) is 10.2 Å². The summed E-state index contributed by atoms with van der Waals surface area (Å²) >= 11 is 0.897. The van der Waals surface area contributed by atoms with E-state index in [9.17, 15) is 14.9 Å². The van der Waals surface area contributed by atoms with Gasteiger partial charge in [-0.25, -0.2) is 4.79 Å². The van der Waals surface area contributed by atoms with E-state index in [1.807, 2.05) is 0 Å². The number of aromatic amines is 1. The van der Waals surface area contributed by atoms with Crippen LogP contribution < -0.4 is 0 Å². The van der Waals surface area contributed by atoms with Crippen LogP contribution in [0.2, 0.25) is 0 Å². The maximum Gasteiger partial charge on any atom is 0.339 e. The summed E-state index contributed by atoms with van der Waals surface area (Å²) in [5.41, 5.74) is 0.280. The number of nitro groups is 1. The van der Waals surface area contributed by atoms with E-state index in [1.165, 1.54) is 18.3 Å². The fourth-order valence-electron chi connectivity index (χ4n) is 1.20. The van der Waals surface area contributed by atoms with Crippen molar-refractivity contribution in [2.24, 2.45) is 0 Å². The van der Waals surface area contributed by atoms with Crippen LogP contribution in [0.4, 0.5) is 5.00 Å². The molecule has 0 fully saturated rings. The molecule has 0 amide bonds. The highest BCUT2D eigenvalue weighted by Crippen LogP contribution is 2.33. The molecule has 0 aliphatic rings. The van der Waals surface area contributed by atoms with Crippen molar-refractivity contribution in [3.63, 3.8) is 0 Å². The summed E-state index contributed by atoms with van der Waals surface area (Å²) in [6.45, 7) is 0. The third-order valence-corrected chi connectivity index (χ3v) is 2.94. The summed E-state index contributed by atoms with van der Waals surface area (Å²) in [5, 5.41) is 25.4. The minimum absolute atomic E-state index is 0.00301. The van der Waals surface area contributed by atoms with Crippen LogP contribution in [0.25, 0.3) is 10.6 Å². The van der Waals surface area contributed by atoms with E-state index in [4.69, 9.17) is 5.11 Å². The van der Waals surface area contributed by atoms with E-state index < -0.39 is 10.9 Å². The molecular weight excluding hydrogens is 234 g/mol. The zero-order valence-electron chi connectivity index (χ0n) is 7.71. The number of carboxylic acids is 1. The van der Waals surface area contributed by atoms with Crippen LogP contribution in [-0.4, -0.2) is 26.2 Å². The van der Waals surface area contributed by atoms with Crippen molar-refractivity contribution in [2.75, 3.05) is 0 Å². The number of carboxylic acid groups (broad SMARTS) is 1. The summed E-state index contributed by atoms with van der Waals surface area (Å²) in [5.74, 6) is -1.13. The molecule has 0 saturated carbocycles. The van der Waals surface area contributed by atoms with Crippen LogP contribution >= 0.6 is 11.3 Å². The van der Waals surface area contributed by atoms with E-state index >= 15 is 0 Å². The third kappa shape index (κ3) is 1.65. The normalized spacial score (nSPS) is 10.2. The molecule has 2 N–H and O–H groups in total. The number of thiophene rings is 1. The highest BCUT2D eigenvalue weighted by atomic mass is 32.1. The summed E-state index contributed by atoms with van der Waals surface area (Å²) in [6.07, 6.45) is 1.17. The van der Waals surface area contributed by atoms with Gasteiger partial charge in [0.2, 0.25) is 0 Å². The first kappa shape index (κ1) is 10.3. The average molecular weight is 239 g/mol. The molecule has 0 aliphatic carbocycles. The van der Waals surface area contributed by atoms with Crippen LogP contribution in [0.15, 0.2) is 18.3 Å². The van der Waals surface area contributed by atoms with Crippen LogP contribution in [-0.2, 0) is 0 Å². The zero-order valence-corrected chi connectivity index (χ0v) is 8.52. The second-order valence-corrected chi connectivity index (χ2v) is 3.92. The van der Waals surface area contributed by atoms with E-state index in [-0.39, 0.29) is 16.3 Å². The summed E-state index contributed by atoms with van der Waals surface area (Å²) in [4.78, 5) is 21.2. The van der Waals surface area contributed by atoms with Gasteiger partial charge in [0.05, 0.1) is 21.7 Å². The van der Waals surface area contributed by atoms with Crippen LogP contribution in [0, 0.1) is 10.1 Å². The van der Waals surface area contributed by atoms with Crippen molar-refractivity contribution in [2.45, 2.75) is 0 Å². The van der Waals surface area contributed by atoms with E-state index in [0.29, 0.717) is 4.88 Å². The van der Waals surface area contributed by atoms with Crippen LogP contribution in [0.1, 0.15) is 10.4 Å². The van der Waals surface area contributed by atoms with Gasteiger partial charge in [-0.3, -0.25) is 15.2 Å². The number of aromatic nitrogens is 2. The first-order valence-electron chi connectivity index (χ1n) is 4.11. The van der Waals surface area contributed by atoms with Gasteiger partial charge < -0.3 is 5.11 Å². The Kier molecular flexibility index (Phi) is 2.41. The van der Waals surface area contributed by atoms with Crippen molar-refractivity contribution < 1.29 is 14.8 Å². The highest BCUT2D eigenvalue weighted by molar-refractivity contribution is 7.18. The Morgan fingerprint density at radius 3 is 2.88 bits per heavy atom. The standard InChI is InChI=1S/C8H5N3O4S/c12-8(13)4-3-9-10-7(4)5-1-2-6(16-5)11(14)15/h1-3H,(H,9,10)(H,12,13). The van der Waals surface area contributed by atoms with Gasteiger partial charge >= 0.3 is 11.0 Å². The molecule has 0 atom stereocenters. The molecule has 2 aromatic heterocycles. The monoisotopic (exact) mass is 239 g/mol.